The molecule has 17 heavy (non-hydrogen) atoms. The summed E-state index contributed by atoms with van der Waals surface area (Å²) in [7, 11) is 0. The predicted octanol–water partition coefficient (Wildman–Crippen LogP) is 3.47. The molecule has 86 valence electrons. The average molecular weight is 245 g/mol. The molecule has 0 aromatic heterocycles. The van der Waals surface area contributed by atoms with Crippen molar-refractivity contribution in [1.82, 2.24) is 0 Å². The SMILES string of the molecule is O=[N+]([O-])c1ccc(Cc2ccccc2S)cc1. The maximum absolute atomic E-state index is 10.5. The van der Waals surface area contributed by atoms with Crippen LogP contribution in [0.4, 0.5) is 5.69 Å². The molecule has 2 rings (SSSR count). The van der Waals surface area contributed by atoms with E-state index < -0.39 is 4.92 Å². The van der Waals surface area contributed by atoms with Crippen molar-refractivity contribution in [2.75, 3.05) is 0 Å². The first kappa shape index (κ1) is 11.7. The third kappa shape index (κ3) is 2.85. The van der Waals surface area contributed by atoms with Crippen molar-refractivity contribution in [3.63, 3.8) is 0 Å². The Balaban J connectivity index is 2.20. The highest BCUT2D eigenvalue weighted by atomic mass is 32.1. The van der Waals surface area contributed by atoms with E-state index in [1.54, 1.807) is 12.1 Å². The summed E-state index contributed by atoms with van der Waals surface area (Å²) in [5, 5.41) is 10.5. The highest BCUT2D eigenvalue weighted by molar-refractivity contribution is 7.80. The molecule has 2 aromatic rings. The minimum atomic E-state index is -0.393. The lowest BCUT2D eigenvalue weighted by Gasteiger charge is -2.04. The molecular formula is C13H11NO2S. The Kier molecular flexibility index (Phi) is 3.44. The minimum Gasteiger partial charge on any atom is -0.258 e. The summed E-state index contributed by atoms with van der Waals surface area (Å²) in [5.41, 5.74) is 2.27. The molecule has 0 fully saturated rings. The first-order chi connectivity index (χ1) is 8.16. The third-order valence-electron chi connectivity index (χ3n) is 2.53. The molecule has 0 saturated carbocycles. The van der Waals surface area contributed by atoms with Gasteiger partial charge in [0, 0.05) is 17.0 Å². The van der Waals surface area contributed by atoms with Gasteiger partial charge in [-0.2, -0.15) is 0 Å². The van der Waals surface area contributed by atoms with Crippen molar-refractivity contribution in [3.8, 4) is 0 Å². The number of rotatable bonds is 3. The average Bonchev–Trinajstić information content (AvgIpc) is 2.33. The summed E-state index contributed by atoms with van der Waals surface area (Å²) < 4.78 is 0. The van der Waals surface area contributed by atoms with Gasteiger partial charge in [-0.1, -0.05) is 30.3 Å². The zero-order valence-electron chi connectivity index (χ0n) is 9.04. The highest BCUT2D eigenvalue weighted by Crippen LogP contribution is 2.19. The van der Waals surface area contributed by atoms with Crippen LogP contribution in [0, 0.1) is 10.1 Å². The number of nitrogens with zero attached hydrogens (tertiary/aromatic N) is 1. The molecule has 0 aliphatic heterocycles. The van der Waals surface area contributed by atoms with Crippen LogP contribution in [0.2, 0.25) is 0 Å². The number of non-ortho nitro benzene ring substituents is 1. The molecule has 0 atom stereocenters. The Bertz CT molecular complexity index is 537. The number of nitro benzene ring substituents is 1. The summed E-state index contributed by atoms with van der Waals surface area (Å²) in [6.45, 7) is 0. The molecule has 0 aliphatic rings. The number of nitro groups is 1. The van der Waals surface area contributed by atoms with E-state index in [1.165, 1.54) is 12.1 Å². The van der Waals surface area contributed by atoms with Crippen LogP contribution in [0.15, 0.2) is 53.4 Å². The molecule has 0 N–H and O–H groups in total. The number of hydrogen-bond acceptors (Lipinski definition) is 3. The van der Waals surface area contributed by atoms with Crippen molar-refractivity contribution in [2.24, 2.45) is 0 Å². The lowest BCUT2D eigenvalue weighted by atomic mass is 10.0. The van der Waals surface area contributed by atoms with Crippen molar-refractivity contribution in [1.29, 1.82) is 0 Å². The van der Waals surface area contributed by atoms with Crippen molar-refractivity contribution < 1.29 is 4.92 Å². The summed E-state index contributed by atoms with van der Waals surface area (Å²) in [4.78, 5) is 11.1. The van der Waals surface area contributed by atoms with Crippen molar-refractivity contribution in [2.45, 2.75) is 11.3 Å². The van der Waals surface area contributed by atoms with Crippen LogP contribution in [0.5, 0.6) is 0 Å². The number of hydrogen-bond donors (Lipinski definition) is 1. The first-order valence-electron chi connectivity index (χ1n) is 5.17. The van der Waals surface area contributed by atoms with E-state index >= 15 is 0 Å². The zero-order chi connectivity index (χ0) is 12.3. The van der Waals surface area contributed by atoms with E-state index in [9.17, 15) is 10.1 Å². The fourth-order valence-corrected chi connectivity index (χ4v) is 1.86. The van der Waals surface area contributed by atoms with E-state index in [4.69, 9.17) is 0 Å². The molecule has 0 saturated heterocycles. The van der Waals surface area contributed by atoms with E-state index in [0.29, 0.717) is 0 Å². The minimum absolute atomic E-state index is 0.118. The zero-order valence-corrected chi connectivity index (χ0v) is 9.93. The van der Waals surface area contributed by atoms with Crippen LogP contribution < -0.4 is 0 Å². The van der Waals surface area contributed by atoms with Gasteiger partial charge < -0.3 is 0 Å². The molecule has 0 amide bonds. The molecule has 0 heterocycles. The molecule has 0 bridgehead atoms. The Hall–Kier alpha value is -1.81. The lowest BCUT2D eigenvalue weighted by Crippen LogP contribution is -1.91. The maximum atomic E-state index is 10.5. The van der Waals surface area contributed by atoms with Gasteiger partial charge in [0.1, 0.15) is 0 Å². The molecule has 0 spiro atoms. The van der Waals surface area contributed by atoms with Gasteiger partial charge in [0.25, 0.3) is 5.69 Å². The van der Waals surface area contributed by atoms with Gasteiger partial charge in [0.05, 0.1) is 4.92 Å². The van der Waals surface area contributed by atoms with Crippen LogP contribution in [0.3, 0.4) is 0 Å². The van der Waals surface area contributed by atoms with Gasteiger partial charge in [-0.05, 0) is 23.6 Å². The van der Waals surface area contributed by atoms with Gasteiger partial charge >= 0.3 is 0 Å². The lowest BCUT2D eigenvalue weighted by molar-refractivity contribution is -0.384. The third-order valence-corrected chi connectivity index (χ3v) is 2.97. The smallest absolute Gasteiger partial charge is 0.258 e. The maximum Gasteiger partial charge on any atom is 0.269 e. The highest BCUT2D eigenvalue weighted by Gasteiger charge is 2.05. The summed E-state index contributed by atoms with van der Waals surface area (Å²) in [5.74, 6) is 0. The molecule has 2 aromatic carbocycles. The van der Waals surface area contributed by atoms with E-state index in [0.717, 1.165) is 22.4 Å². The van der Waals surface area contributed by atoms with E-state index in [2.05, 4.69) is 12.6 Å². The second-order valence-corrected chi connectivity index (χ2v) is 4.21. The van der Waals surface area contributed by atoms with Crippen LogP contribution in [0.25, 0.3) is 0 Å². The van der Waals surface area contributed by atoms with Crippen molar-refractivity contribution in [3.05, 3.63) is 69.8 Å². The monoisotopic (exact) mass is 245 g/mol. The van der Waals surface area contributed by atoms with Gasteiger partial charge in [-0.15, -0.1) is 12.6 Å². The fraction of sp³-hybridized carbons (Fsp3) is 0.0769. The van der Waals surface area contributed by atoms with Crippen molar-refractivity contribution >= 4 is 18.3 Å². The Morgan fingerprint density at radius 2 is 1.71 bits per heavy atom. The van der Waals surface area contributed by atoms with Gasteiger partial charge in [0.2, 0.25) is 0 Å². The second kappa shape index (κ2) is 5.01. The number of thiol groups is 1. The molecule has 0 unspecified atom stereocenters. The largest absolute Gasteiger partial charge is 0.269 e. The first-order valence-corrected chi connectivity index (χ1v) is 5.62. The van der Waals surface area contributed by atoms with Gasteiger partial charge in [-0.3, -0.25) is 10.1 Å². The second-order valence-electron chi connectivity index (χ2n) is 3.73. The normalized spacial score (nSPS) is 10.2. The number of benzene rings is 2. The summed E-state index contributed by atoms with van der Waals surface area (Å²) >= 11 is 4.37. The Morgan fingerprint density at radius 3 is 2.29 bits per heavy atom. The topological polar surface area (TPSA) is 43.1 Å². The quantitative estimate of drug-likeness (QED) is 0.511. The Morgan fingerprint density at radius 1 is 1.06 bits per heavy atom. The van der Waals surface area contributed by atoms with Crippen LogP contribution >= 0.6 is 12.6 Å². The summed E-state index contributed by atoms with van der Waals surface area (Å²) in [6.07, 6.45) is 0.734. The van der Waals surface area contributed by atoms with E-state index in [1.807, 2.05) is 24.3 Å². The molecular weight excluding hydrogens is 234 g/mol. The Labute approximate surface area is 105 Å². The molecule has 4 heteroatoms. The van der Waals surface area contributed by atoms with Crippen LogP contribution in [-0.2, 0) is 6.42 Å². The summed E-state index contributed by atoms with van der Waals surface area (Å²) in [6, 6.07) is 14.4. The van der Waals surface area contributed by atoms with Crippen LogP contribution in [-0.4, -0.2) is 4.92 Å². The van der Waals surface area contributed by atoms with Crippen LogP contribution in [0.1, 0.15) is 11.1 Å². The van der Waals surface area contributed by atoms with E-state index in [-0.39, 0.29) is 5.69 Å². The fourth-order valence-electron chi connectivity index (χ4n) is 1.62. The predicted molar refractivity (Wildman–Crippen MR) is 69.6 cm³/mol. The molecule has 0 radical (unpaired) electrons. The molecule has 3 nitrogen and oxygen atoms in total. The standard InChI is InChI=1S/C13H11NO2S/c15-14(16)12-7-5-10(6-8-12)9-11-3-1-2-4-13(11)17/h1-8,17H,9H2. The molecule has 0 aliphatic carbocycles. The van der Waals surface area contributed by atoms with Gasteiger partial charge in [0.15, 0.2) is 0 Å². The van der Waals surface area contributed by atoms with Gasteiger partial charge in [-0.25, -0.2) is 0 Å².